The topological polar surface area (TPSA) is 84.4 Å². The second kappa shape index (κ2) is 7.95. The molecule has 3 rings (SSSR count). The van der Waals surface area contributed by atoms with Gasteiger partial charge >= 0.3 is 5.97 Å². The van der Waals surface area contributed by atoms with E-state index in [9.17, 15) is 9.59 Å². The van der Waals surface area contributed by atoms with Gasteiger partial charge in [-0.1, -0.05) is 19.1 Å². The number of aromatic nitrogens is 2. The molecule has 1 aliphatic heterocycles. The number of esters is 1. The highest BCUT2D eigenvalue weighted by Gasteiger charge is 2.22. The van der Waals surface area contributed by atoms with Crippen LogP contribution in [0.1, 0.15) is 40.6 Å². The molecule has 1 N–H and O–H groups in total. The number of carbonyl (C=O) groups excluding carboxylic acids is 2. The first-order valence-corrected chi connectivity index (χ1v) is 8.66. The summed E-state index contributed by atoms with van der Waals surface area (Å²) in [6.45, 7) is 3.72. The monoisotopic (exact) mass is 354 g/mol. The quantitative estimate of drug-likeness (QED) is 0.850. The number of carbonyl (C=O) groups is 2. The lowest BCUT2D eigenvalue weighted by Crippen LogP contribution is -2.38. The van der Waals surface area contributed by atoms with Crippen LogP contribution >= 0.6 is 0 Å². The molecule has 0 atom stereocenters. The number of nitrogens with zero attached hydrogens (tertiary/aromatic N) is 3. The summed E-state index contributed by atoms with van der Waals surface area (Å²) >= 11 is 0. The molecule has 26 heavy (non-hydrogen) atoms. The lowest BCUT2D eigenvalue weighted by molar-refractivity contribution is 0.0601. The van der Waals surface area contributed by atoms with Crippen LogP contribution in [0.15, 0.2) is 36.4 Å². The van der Waals surface area contributed by atoms with Gasteiger partial charge in [0.15, 0.2) is 11.5 Å². The Kier molecular flexibility index (Phi) is 5.46. The van der Waals surface area contributed by atoms with Gasteiger partial charge in [0.05, 0.1) is 18.4 Å². The third kappa shape index (κ3) is 3.99. The largest absolute Gasteiger partial charge is 0.465 e. The first-order valence-electron chi connectivity index (χ1n) is 8.66. The molecule has 1 aliphatic rings. The first-order chi connectivity index (χ1) is 12.6. The first kappa shape index (κ1) is 17.8. The minimum Gasteiger partial charge on any atom is -0.465 e. The molecule has 0 unspecified atom stereocenters. The van der Waals surface area contributed by atoms with Gasteiger partial charge in [0.1, 0.15) is 0 Å². The zero-order valence-electron chi connectivity index (χ0n) is 14.9. The molecule has 0 radical (unpaired) electrons. The summed E-state index contributed by atoms with van der Waals surface area (Å²) < 4.78 is 4.77. The van der Waals surface area contributed by atoms with Gasteiger partial charge in [0, 0.05) is 13.1 Å². The molecule has 0 aliphatic carbocycles. The van der Waals surface area contributed by atoms with Crippen LogP contribution in [0, 0.1) is 5.92 Å². The minimum atomic E-state index is -0.438. The summed E-state index contributed by atoms with van der Waals surface area (Å²) in [4.78, 5) is 26.1. The molecular formula is C19H22N4O3. The smallest absolute Gasteiger partial charge is 0.339 e. The second-order valence-electron chi connectivity index (χ2n) is 6.44. The van der Waals surface area contributed by atoms with Crippen molar-refractivity contribution in [1.29, 1.82) is 0 Å². The Labute approximate surface area is 152 Å². The van der Waals surface area contributed by atoms with Crippen LogP contribution in [0.5, 0.6) is 0 Å². The van der Waals surface area contributed by atoms with E-state index in [4.69, 9.17) is 4.74 Å². The van der Waals surface area contributed by atoms with E-state index in [1.165, 1.54) is 7.11 Å². The molecule has 136 valence electrons. The third-order valence-electron chi connectivity index (χ3n) is 4.55. The van der Waals surface area contributed by atoms with Gasteiger partial charge in [0.2, 0.25) is 0 Å². The van der Waals surface area contributed by atoms with Crippen molar-refractivity contribution >= 4 is 23.4 Å². The number of anilines is 2. The number of rotatable bonds is 4. The fourth-order valence-electron chi connectivity index (χ4n) is 2.90. The normalized spacial score (nSPS) is 14.8. The second-order valence-corrected chi connectivity index (χ2v) is 6.44. The van der Waals surface area contributed by atoms with Crippen LogP contribution in [-0.2, 0) is 4.74 Å². The van der Waals surface area contributed by atoms with Crippen molar-refractivity contribution in [1.82, 2.24) is 15.1 Å². The number of benzene rings is 1. The van der Waals surface area contributed by atoms with Crippen molar-refractivity contribution in [3.63, 3.8) is 0 Å². The van der Waals surface area contributed by atoms with E-state index in [-0.39, 0.29) is 5.91 Å². The lowest BCUT2D eigenvalue weighted by Gasteiger charge is -2.29. The molecule has 1 saturated heterocycles. The van der Waals surface area contributed by atoms with Crippen LogP contribution in [0.25, 0.3) is 0 Å². The molecule has 7 heteroatoms. The minimum absolute atomic E-state index is 0.0917. The molecule has 1 amide bonds. The van der Waals surface area contributed by atoms with Crippen molar-refractivity contribution < 1.29 is 14.3 Å². The summed E-state index contributed by atoms with van der Waals surface area (Å²) in [6.07, 6.45) is 2.03. The van der Waals surface area contributed by atoms with Gasteiger partial charge in [-0.15, -0.1) is 10.2 Å². The van der Waals surface area contributed by atoms with Gasteiger partial charge in [-0.25, -0.2) is 4.79 Å². The molecule has 0 spiro atoms. The maximum Gasteiger partial charge on any atom is 0.339 e. The number of nitrogens with one attached hydrogen (secondary N) is 1. The summed E-state index contributed by atoms with van der Waals surface area (Å²) in [6, 6.07) is 10.3. The van der Waals surface area contributed by atoms with Crippen LogP contribution in [0.2, 0.25) is 0 Å². The molecule has 1 aromatic heterocycles. The average Bonchev–Trinajstić information content (AvgIpc) is 2.68. The molecular weight excluding hydrogens is 332 g/mol. The van der Waals surface area contributed by atoms with E-state index in [1.54, 1.807) is 36.4 Å². The van der Waals surface area contributed by atoms with E-state index in [0.29, 0.717) is 28.7 Å². The zero-order valence-corrected chi connectivity index (χ0v) is 14.9. The van der Waals surface area contributed by atoms with E-state index in [2.05, 4.69) is 22.4 Å². The highest BCUT2D eigenvalue weighted by molar-refractivity contribution is 5.96. The van der Waals surface area contributed by atoms with Gasteiger partial charge in [-0.3, -0.25) is 4.79 Å². The fraction of sp³-hybridized carbons (Fsp3) is 0.368. The van der Waals surface area contributed by atoms with Crippen molar-refractivity contribution in [2.75, 3.05) is 25.5 Å². The van der Waals surface area contributed by atoms with Gasteiger partial charge in [-0.2, -0.15) is 0 Å². The van der Waals surface area contributed by atoms with Crippen molar-refractivity contribution in [3.8, 4) is 0 Å². The number of hydrogen-bond donors (Lipinski definition) is 1. The standard InChI is InChI=1S/C19H22N4O3/c1-13-9-11-23(12-10-13)18(24)16-7-8-17(22-21-16)20-15-6-4-3-5-14(15)19(25)26-2/h3-8,13H,9-12H2,1-2H3,(H,20,22). The van der Waals surface area contributed by atoms with E-state index < -0.39 is 5.97 Å². The Hall–Kier alpha value is -2.96. The predicted octanol–water partition coefficient (Wildman–Crippen LogP) is 2.88. The summed E-state index contributed by atoms with van der Waals surface area (Å²) in [5.41, 5.74) is 1.29. The maximum atomic E-state index is 12.5. The van der Waals surface area contributed by atoms with E-state index >= 15 is 0 Å². The number of para-hydroxylation sites is 1. The number of likely N-dealkylation sites (tertiary alicyclic amines) is 1. The SMILES string of the molecule is COC(=O)c1ccccc1Nc1ccc(C(=O)N2CCC(C)CC2)nn1. The zero-order chi connectivity index (χ0) is 18.5. The average molecular weight is 354 g/mol. The summed E-state index contributed by atoms with van der Waals surface area (Å²) in [7, 11) is 1.33. The maximum absolute atomic E-state index is 12.5. The van der Waals surface area contributed by atoms with Crippen LogP contribution in [0.3, 0.4) is 0 Å². The molecule has 7 nitrogen and oxygen atoms in total. The van der Waals surface area contributed by atoms with E-state index in [1.807, 2.05) is 4.90 Å². The van der Waals surface area contributed by atoms with Crippen LogP contribution in [0.4, 0.5) is 11.5 Å². The number of piperidine rings is 1. The lowest BCUT2D eigenvalue weighted by atomic mass is 9.99. The van der Waals surface area contributed by atoms with Crippen molar-refractivity contribution in [2.45, 2.75) is 19.8 Å². The molecule has 0 bridgehead atoms. The Morgan fingerprint density at radius 1 is 1.12 bits per heavy atom. The van der Waals surface area contributed by atoms with Crippen molar-refractivity contribution in [3.05, 3.63) is 47.7 Å². The van der Waals surface area contributed by atoms with E-state index in [0.717, 1.165) is 25.9 Å². The number of hydrogen-bond acceptors (Lipinski definition) is 6. The Bertz CT molecular complexity index is 784. The Balaban J connectivity index is 1.71. The summed E-state index contributed by atoms with van der Waals surface area (Å²) in [5, 5.41) is 11.2. The Morgan fingerprint density at radius 2 is 1.85 bits per heavy atom. The van der Waals surface area contributed by atoms with Gasteiger partial charge < -0.3 is 15.0 Å². The van der Waals surface area contributed by atoms with Gasteiger partial charge in [-0.05, 0) is 43.0 Å². The number of ether oxygens (including phenoxy) is 1. The molecule has 2 aromatic rings. The molecule has 1 fully saturated rings. The molecule has 0 saturated carbocycles. The van der Waals surface area contributed by atoms with Crippen LogP contribution < -0.4 is 5.32 Å². The third-order valence-corrected chi connectivity index (χ3v) is 4.55. The summed E-state index contributed by atoms with van der Waals surface area (Å²) in [5.74, 6) is 0.579. The molecule has 2 heterocycles. The van der Waals surface area contributed by atoms with Crippen LogP contribution in [-0.4, -0.2) is 47.2 Å². The van der Waals surface area contributed by atoms with Crippen molar-refractivity contribution in [2.24, 2.45) is 5.92 Å². The molecule has 1 aromatic carbocycles. The highest BCUT2D eigenvalue weighted by Crippen LogP contribution is 2.21. The fourth-order valence-corrected chi connectivity index (χ4v) is 2.90. The highest BCUT2D eigenvalue weighted by atomic mass is 16.5. The number of methoxy groups -OCH3 is 1. The number of amides is 1. The predicted molar refractivity (Wildman–Crippen MR) is 97.4 cm³/mol. The Morgan fingerprint density at radius 3 is 2.50 bits per heavy atom. The van der Waals surface area contributed by atoms with Gasteiger partial charge in [0.25, 0.3) is 5.91 Å².